The number of carbonyl (C=O) groups excluding carboxylic acids is 1. The van der Waals surface area contributed by atoms with E-state index in [-0.39, 0.29) is 5.69 Å². The van der Waals surface area contributed by atoms with Crippen LogP contribution in [0.5, 0.6) is 0 Å². The molecule has 1 aromatic heterocycles. The van der Waals surface area contributed by atoms with Crippen LogP contribution >= 0.6 is 11.8 Å². The average Bonchev–Trinajstić information content (AvgIpc) is 2.85. The third kappa shape index (κ3) is 4.02. The summed E-state index contributed by atoms with van der Waals surface area (Å²) in [6.45, 7) is 1.73. The van der Waals surface area contributed by atoms with E-state index < -0.39 is 11.0 Å². The topological polar surface area (TPSA) is 152 Å². The van der Waals surface area contributed by atoms with Crippen molar-refractivity contribution in [1.82, 2.24) is 20.6 Å². The maximum Gasteiger partial charge on any atom is 0.332 e. The van der Waals surface area contributed by atoms with Crippen molar-refractivity contribution in [2.24, 2.45) is 10.8 Å². The van der Waals surface area contributed by atoms with Crippen LogP contribution in [0.25, 0.3) is 0 Å². The summed E-state index contributed by atoms with van der Waals surface area (Å²) in [4.78, 5) is 25.6. The molecule has 0 aliphatic carbocycles. The van der Waals surface area contributed by atoms with Crippen molar-refractivity contribution in [2.75, 3.05) is 0 Å². The Labute approximate surface area is 128 Å². The molecule has 11 heteroatoms. The molecule has 0 bridgehead atoms. The third-order valence-corrected chi connectivity index (χ3v) is 3.28. The number of nitrogens with two attached hydrogens (primary N) is 1. The Morgan fingerprint density at radius 2 is 2.36 bits per heavy atom. The molecule has 22 heavy (non-hydrogen) atoms. The first-order valence-corrected chi connectivity index (χ1v) is 6.71. The summed E-state index contributed by atoms with van der Waals surface area (Å²) >= 11 is 1.07. The molecule has 10 nitrogen and oxygen atoms in total. The number of aromatic nitrogens is 3. The molecule has 0 radical (unpaired) electrons. The minimum Gasteiger partial charge on any atom is -0.350 e. The van der Waals surface area contributed by atoms with Gasteiger partial charge in [0.1, 0.15) is 5.82 Å². The normalized spacial score (nSPS) is 10.8. The number of hydrogen-bond acceptors (Lipinski definition) is 7. The summed E-state index contributed by atoms with van der Waals surface area (Å²) in [5.74, 6) is 0.617. The summed E-state index contributed by atoms with van der Waals surface area (Å²) in [6, 6.07) is 3.67. The van der Waals surface area contributed by atoms with E-state index in [1.165, 1.54) is 12.3 Å². The van der Waals surface area contributed by atoms with E-state index in [1.807, 2.05) is 5.43 Å². The number of nitro benzene ring substituents is 1. The van der Waals surface area contributed by atoms with Crippen LogP contribution in [0, 0.1) is 17.0 Å². The number of rotatable bonds is 5. The molecule has 4 N–H and O–H groups in total. The van der Waals surface area contributed by atoms with Crippen LogP contribution in [-0.2, 0) is 0 Å². The van der Waals surface area contributed by atoms with E-state index in [0.29, 0.717) is 21.4 Å². The Morgan fingerprint density at radius 1 is 1.59 bits per heavy atom. The maximum absolute atomic E-state index is 11.2. The Hall–Kier alpha value is -2.95. The van der Waals surface area contributed by atoms with Gasteiger partial charge in [0, 0.05) is 11.6 Å². The van der Waals surface area contributed by atoms with Gasteiger partial charge in [-0.2, -0.15) is 5.10 Å². The quantitative estimate of drug-likeness (QED) is 0.427. The number of benzene rings is 1. The smallest absolute Gasteiger partial charge is 0.332 e. The monoisotopic (exact) mass is 321 g/mol. The number of hydrazone groups is 1. The summed E-state index contributed by atoms with van der Waals surface area (Å²) in [6.07, 6.45) is 1.25. The Balaban J connectivity index is 2.25. The molecule has 1 aromatic carbocycles. The number of amides is 2. The fourth-order valence-corrected chi connectivity index (χ4v) is 2.32. The number of nitrogens with zero attached hydrogens (tertiary/aromatic N) is 4. The second kappa shape index (κ2) is 6.67. The Bertz CT molecular complexity index is 743. The number of aryl methyl sites for hydroxylation is 1. The second-order valence-electron chi connectivity index (χ2n) is 4.02. The lowest BCUT2D eigenvalue weighted by Crippen LogP contribution is -2.24. The van der Waals surface area contributed by atoms with E-state index in [1.54, 1.807) is 19.1 Å². The Kier molecular flexibility index (Phi) is 4.68. The molecule has 0 aliphatic heterocycles. The minimum absolute atomic E-state index is 0.115. The standard InChI is InChI=1S/C11H11N7O3S/c1-6-14-11(17-15-6)22-9-3-2-7(4-8(9)18(20)21)5-13-16-10(12)19/h2-5H,1H3,(H3,12,16,19)(H,14,15,17)/b13-5-. The van der Waals surface area contributed by atoms with Gasteiger partial charge in [-0.05, 0) is 24.8 Å². The van der Waals surface area contributed by atoms with Crippen LogP contribution in [0.1, 0.15) is 11.4 Å². The van der Waals surface area contributed by atoms with E-state index in [9.17, 15) is 14.9 Å². The fraction of sp³-hybridized carbons (Fsp3) is 0.0909. The summed E-state index contributed by atoms with van der Waals surface area (Å²) in [5, 5.41) is 21.7. The molecule has 0 saturated carbocycles. The molecular formula is C11H11N7O3S. The van der Waals surface area contributed by atoms with Gasteiger partial charge in [-0.25, -0.2) is 15.2 Å². The predicted octanol–water partition coefficient (Wildman–Crippen LogP) is 1.17. The number of H-pyrrole nitrogens is 1. The van der Waals surface area contributed by atoms with Gasteiger partial charge in [-0.3, -0.25) is 15.2 Å². The zero-order valence-electron chi connectivity index (χ0n) is 11.3. The van der Waals surface area contributed by atoms with Crippen molar-refractivity contribution in [2.45, 2.75) is 17.0 Å². The van der Waals surface area contributed by atoms with E-state index in [2.05, 4.69) is 20.3 Å². The number of aromatic amines is 1. The first-order valence-electron chi connectivity index (χ1n) is 5.89. The van der Waals surface area contributed by atoms with Crippen molar-refractivity contribution in [1.29, 1.82) is 0 Å². The zero-order chi connectivity index (χ0) is 16.1. The van der Waals surface area contributed by atoms with E-state index in [4.69, 9.17) is 5.73 Å². The molecule has 2 aromatic rings. The molecule has 0 aliphatic rings. The van der Waals surface area contributed by atoms with E-state index in [0.717, 1.165) is 11.8 Å². The molecule has 0 atom stereocenters. The molecule has 0 saturated heterocycles. The molecule has 0 fully saturated rings. The van der Waals surface area contributed by atoms with Crippen molar-refractivity contribution in [3.8, 4) is 0 Å². The zero-order valence-corrected chi connectivity index (χ0v) is 12.1. The lowest BCUT2D eigenvalue weighted by atomic mass is 10.2. The van der Waals surface area contributed by atoms with Gasteiger partial charge in [-0.1, -0.05) is 6.07 Å². The van der Waals surface area contributed by atoms with Crippen LogP contribution in [0.15, 0.2) is 33.4 Å². The lowest BCUT2D eigenvalue weighted by molar-refractivity contribution is -0.387. The number of urea groups is 1. The van der Waals surface area contributed by atoms with Crippen LogP contribution in [0.2, 0.25) is 0 Å². The largest absolute Gasteiger partial charge is 0.350 e. The minimum atomic E-state index is -0.821. The summed E-state index contributed by atoms with van der Waals surface area (Å²) in [5.41, 5.74) is 7.19. The van der Waals surface area contributed by atoms with Gasteiger partial charge in [0.15, 0.2) is 0 Å². The fourth-order valence-electron chi connectivity index (χ4n) is 1.48. The SMILES string of the molecule is Cc1nc(Sc2ccc(/C=N\NC(N)=O)cc2[N+](=O)[O-])n[nH]1. The molecule has 114 valence electrons. The lowest BCUT2D eigenvalue weighted by Gasteiger charge is -2.01. The van der Waals surface area contributed by atoms with Gasteiger partial charge < -0.3 is 5.73 Å². The van der Waals surface area contributed by atoms with Crippen LogP contribution in [-0.4, -0.2) is 32.4 Å². The van der Waals surface area contributed by atoms with E-state index >= 15 is 0 Å². The number of nitro groups is 1. The van der Waals surface area contributed by atoms with Gasteiger partial charge in [0.05, 0.1) is 16.0 Å². The van der Waals surface area contributed by atoms with Crippen LogP contribution in [0.4, 0.5) is 10.5 Å². The van der Waals surface area contributed by atoms with Crippen LogP contribution < -0.4 is 11.2 Å². The molecular weight excluding hydrogens is 310 g/mol. The van der Waals surface area contributed by atoms with Crippen molar-refractivity contribution < 1.29 is 9.72 Å². The summed E-state index contributed by atoms with van der Waals surface area (Å²) < 4.78 is 0. The molecule has 2 rings (SSSR count). The van der Waals surface area contributed by atoms with Crippen LogP contribution in [0.3, 0.4) is 0 Å². The van der Waals surface area contributed by atoms with Crippen molar-refractivity contribution in [3.05, 3.63) is 39.7 Å². The first-order chi connectivity index (χ1) is 10.5. The second-order valence-corrected chi connectivity index (χ2v) is 5.03. The molecule has 0 spiro atoms. The van der Waals surface area contributed by atoms with Gasteiger partial charge in [-0.15, -0.1) is 5.10 Å². The average molecular weight is 321 g/mol. The highest BCUT2D eigenvalue weighted by Crippen LogP contribution is 2.33. The highest BCUT2D eigenvalue weighted by Gasteiger charge is 2.17. The molecule has 1 heterocycles. The van der Waals surface area contributed by atoms with Gasteiger partial charge in [0.2, 0.25) is 5.16 Å². The number of nitrogens with one attached hydrogen (secondary N) is 2. The predicted molar refractivity (Wildman–Crippen MR) is 78.7 cm³/mol. The number of primary amides is 1. The van der Waals surface area contributed by atoms with Gasteiger partial charge >= 0.3 is 6.03 Å². The summed E-state index contributed by atoms with van der Waals surface area (Å²) in [7, 11) is 0. The molecule has 2 amide bonds. The van der Waals surface area contributed by atoms with Crippen molar-refractivity contribution >= 4 is 29.7 Å². The highest BCUT2D eigenvalue weighted by atomic mass is 32.2. The van der Waals surface area contributed by atoms with Crippen molar-refractivity contribution in [3.63, 3.8) is 0 Å². The third-order valence-electron chi connectivity index (χ3n) is 2.35. The Morgan fingerprint density at radius 3 is 2.95 bits per heavy atom. The number of carbonyl (C=O) groups is 1. The van der Waals surface area contributed by atoms with Gasteiger partial charge in [0.25, 0.3) is 5.69 Å². The molecule has 0 unspecified atom stereocenters. The first kappa shape index (κ1) is 15.4. The highest BCUT2D eigenvalue weighted by molar-refractivity contribution is 7.99. The number of hydrogen-bond donors (Lipinski definition) is 3. The maximum atomic E-state index is 11.2.